The molecule has 0 spiro atoms. The fourth-order valence-electron chi connectivity index (χ4n) is 4.30. The van der Waals surface area contributed by atoms with Gasteiger partial charge in [-0.3, -0.25) is 0 Å². The normalized spacial score (nSPS) is 19.6. The number of ether oxygens (including phenoxy) is 1. The Labute approximate surface area is 175 Å². The average molecular weight is 406 g/mol. The maximum absolute atomic E-state index is 5.74. The number of fused-ring (bicyclic) bond motifs is 2. The molecule has 5 rings (SSSR count). The van der Waals surface area contributed by atoms with Crippen LogP contribution in [0.1, 0.15) is 38.4 Å². The molecule has 1 aliphatic carbocycles. The quantitative estimate of drug-likeness (QED) is 0.545. The smallest absolute Gasteiger partial charge is 0.241 e. The zero-order valence-electron chi connectivity index (χ0n) is 17.7. The second kappa shape index (κ2) is 7.68. The third-order valence-corrected chi connectivity index (χ3v) is 6.04. The summed E-state index contributed by atoms with van der Waals surface area (Å²) in [6.45, 7) is 4.84. The van der Waals surface area contributed by atoms with Gasteiger partial charge in [0.1, 0.15) is 11.3 Å². The molecule has 1 saturated carbocycles. The summed E-state index contributed by atoms with van der Waals surface area (Å²) in [4.78, 5) is 13.9. The number of nitrogens with one attached hydrogen (secondary N) is 1. The number of aryl methyl sites for hydroxylation is 2. The molecule has 0 aliphatic heterocycles. The Bertz CT molecular complexity index is 1190. The van der Waals surface area contributed by atoms with Crippen LogP contribution in [-0.2, 0) is 11.8 Å². The number of anilines is 1. The van der Waals surface area contributed by atoms with Gasteiger partial charge < -0.3 is 14.6 Å². The van der Waals surface area contributed by atoms with Crippen LogP contribution in [0.25, 0.3) is 27.9 Å². The summed E-state index contributed by atoms with van der Waals surface area (Å²) in [7, 11) is 1.99. The Morgan fingerprint density at radius 1 is 1.13 bits per heavy atom. The summed E-state index contributed by atoms with van der Waals surface area (Å²) in [6, 6.07) is 6.46. The van der Waals surface area contributed by atoms with Crippen molar-refractivity contribution in [3.05, 3.63) is 36.4 Å². The summed E-state index contributed by atoms with van der Waals surface area (Å²) in [6.07, 6.45) is 8.57. The van der Waals surface area contributed by atoms with Gasteiger partial charge in [-0.1, -0.05) is 0 Å². The van der Waals surface area contributed by atoms with Crippen LogP contribution in [0.3, 0.4) is 0 Å². The third-order valence-electron chi connectivity index (χ3n) is 6.04. The molecule has 4 heterocycles. The van der Waals surface area contributed by atoms with Crippen molar-refractivity contribution in [2.45, 2.75) is 51.7 Å². The van der Waals surface area contributed by atoms with E-state index in [9.17, 15) is 0 Å². The second-order valence-electron chi connectivity index (χ2n) is 7.97. The largest absolute Gasteiger partial charge is 0.379 e. The fraction of sp³-hybridized carbons (Fsp3) is 0.455. The Kier molecular flexibility index (Phi) is 4.86. The number of pyridine rings is 1. The van der Waals surface area contributed by atoms with Crippen LogP contribution in [0.4, 0.5) is 5.95 Å². The first kappa shape index (κ1) is 19.0. The van der Waals surface area contributed by atoms with Crippen molar-refractivity contribution in [3.63, 3.8) is 0 Å². The van der Waals surface area contributed by atoms with Crippen LogP contribution in [-0.4, -0.2) is 47.9 Å². The molecule has 0 radical (unpaired) electrons. The molecule has 0 unspecified atom stereocenters. The van der Waals surface area contributed by atoms with Crippen molar-refractivity contribution >= 4 is 22.6 Å². The molecule has 0 aromatic carbocycles. The van der Waals surface area contributed by atoms with Crippen LogP contribution in [0.15, 0.2) is 30.6 Å². The molecule has 0 saturated heterocycles. The van der Waals surface area contributed by atoms with Gasteiger partial charge in [0.15, 0.2) is 5.65 Å². The molecule has 4 aromatic rings. The van der Waals surface area contributed by atoms with Crippen molar-refractivity contribution < 1.29 is 4.74 Å². The summed E-state index contributed by atoms with van der Waals surface area (Å²) in [5.41, 5.74) is 4.63. The van der Waals surface area contributed by atoms with Crippen LogP contribution in [0, 0.1) is 6.92 Å². The lowest BCUT2D eigenvalue weighted by Gasteiger charge is -2.28. The van der Waals surface area contributed by atoms with Crippen LogP contribution in [0.2, 0.25) is 0 Å². The van der Waals surface area contributed by atoms with E-state index in [1.165, 1.54) is 0 Å². The molecule has 156 valence electrons. The van der Waals surface area contributed by atoms with E-state index in [1.54, 1.807) is 0 Å². The summed E-state index contributed by atoms with van der Waals surface area (Å²) in [5, 5.41) is 8.17. The van der Waals surface area contributed by atoms with Crippen LogP contribution in [0.5, 0.6) is 0 Å². The monoisotopic (exact) mass is 405 g/mol. The predicted octanol–water partition coefficient (Wildman–Crippen LogP) is 3.75. The van der Waals surface area contributed by atoms with Gasteiger partial charge in [-0.15, -0.1) is 5.10 Å². The SMILES string of the molecule is CCO[C@H]1CC[C@@H](Nc2ncc3c(-c4ccc5nc(C)n(C)c5n4)ccn3n2)CC1. The fourth-order valence-corrected chi connectivity index (χ4v) is 4.30. The average Bonchev–Trinajstić information content (AvgIpc) is 3.30. The topological polar surface area (TPSA) is 82.2 Å². The predicted molar refractivity (Wildman–Crippen MR) is 117 cm³/mol. The molecular formula is C22H27N7O. The van der Waals surface area contributed by atoms with E-state index in [2.05, 4.69) is 27.3 Å². The standard InChI is InChI=1S/C22H27N7O/c1-4-30-16-7-5-15(6-8-16)25-22-23-13-20-17(11-12-29(20)27-22)18-9-10-19-21(26-18)28(3)14(2)24-19/h9-13,15-16H,4-8H2,1-3H3,(H,25,27)/t15-,16+. The highest BCUT2D eigenvalue weighted by molar-refractivity contribution is 5.82. The summed E-state index contributed by atoms with van der Waals surface area (Å²) < 4.78 is 9.63. The number of hydrogen-bond acceptors (Lipinski definition) is 6. The lowest BCUT2D eigenvalue weighted by Crippen LogP contribution is -2.30. The van der Waals surface area contributed by atoms with Gasteiger partial charge in [0, 0.05) is 31.5 Å². The van der Waals surface area contributed by atoms with Gasteiger partial charge in [0.2, 0.25) is 5.95 Å². The minimum atomic E-state index is 0.395. The van der Waals surface area contributed by atoms with Crippen LogP contribution < -0.4 is 5.32 Å². The molecular weight excluding hydrogens is 378 g/mol. The van der Waals surface area contributed by atoms with E-state index in [0.717, 1.165) is 66.1 Å². The maximum Gasteiger partial charge on any atom is 0.241 e. The second-order valence-corrected chi connectivity index (χ2v) is 7.97. The van der Waals surface area contributed by atoms with Crippen molar-refractivity contribution in [2.75, 3.05) is 11.9 Å². The number of imidazole rings is 1. The lowest BCUT2D eigenvalue weighted by molar-refractivity contribution is 0.0346. The minimum Gasteiger partial charge on any atom is -0.379 e. The maximum atomic E-state index is 5.74. The number of rotatable bonds is 5. The molecule has 1 fully saturated rings. The van der Waals surface area contributed by atoms with E-state index >= 15 is 0 Å². The molecule has 4 aromatic heterocycles. The first-order valence-electron chi connectivity index (χ1n) is 10.7. The first-order chi connectivity index (χ1) is 14.6. The van der Waals surface area contributed by atoms with Gasteiger partial charge >= 0.3 is 0 Å². The van der Waals surface area contributed by atoms with Crippen molar-refractivity contribution in [3.8, 4) is 11.3 Å². The highest BCUT2D eigenvalue weighted by Crippen LogP contribution is 2.27. The Balaban J connectivity index is 1.37. The zero-order valence-corrected chi connectivity index (χ0v) is 17.7. The van der Waals surface area contributed by atoms with Crippen molar-refractivity contribution in [1.82, 2.24) is 29.1 Å². The summed E-state index contributed by atoms with van der Waals surface area (Å²) >= 11 is 0. The molecule has 0 bridgehead atoms. The first-order valence-corrected chi connectivity index (χ1v) is 10.7. The van der Waals surface area contributed by atoms with Gasteiger partial charge in [-0.25, -0.2) is 19.5 Å². The minimum absolute atomic E-state index is 0.395. The van der Waals surface area contributed by atoms with Gasteiger partial charge in [-0.2, -0.15) is 0 Å². The van der Waals surface area contributed by atoms with Crippen LogP contribution >= 0.6 is 0 Å². The number of nitrogens with zero attached hydrogens (tertiary/aromatic N) is 6. The van der Waals surface area contributed by atoms with Crippen molar-refractivity contribution in [2.24, 2.45) is 7.05 Å². The molecule has 8 heteroatoms. The molecule has 8 nitrogen and oxygen atoms in total. The highest BCUT2D eigenvalue weighted by Gasteiger charge is 2.22. The zero-order chi connectivity index (χ0) is 20.7. The van der Waals surface area contributed by atoms with E-state index in [1.807, 2.05) is 53.6 Å². The molecule has 1 N–H and O–H groups in total. The number of aromatic nitrogens is 6. The van der Waals surface area contributed by atoms with Gasteiger partial charge in [0.25, 0.3) is 0 Å². The lowest BCUT2D eigenvalue weighted by atomic mass is 9.93. The summed E-state index contributed by atoms with van der Waals surface area (Å²) in [5.74, 6) is 1.61. The van der Waals surface area contributed by atoms with Crippen molar-refractivity contribution in [1.29, 1.82) is 0 Å². The van der Waals surface area contributed by atoms with E-state index < -0.39 is 0 Å². The Hall–Kier alpha value is -3.00. The van der Waals surface area contributed by atoms with E-state index in [4.69, 9.17) is 9.72 Å². The Morgan fingerprint density at radius 2 is 1.97 bits per heavy atom. The van der Waals surface area contributed by atoms with Gasteiger partial charge in [-0.05, 0) is 57.7 Å². The molecule has 30 heavy (non-hydrogen) atoms. The van der Waals surface area contributed by atoms with E-state index in [-0.39, 0.29) is 0 Å². The molecule has 0 atom stereocenters. The highest BCUT2D eigenvalue weighted by atomic mass is 16.5. The Morgan fingerprint density at radius 3 is 2.77 bits per heavy atom. The molecule has 1 aliphatic rings. The van der Waals surface area contributed by atoms with E-state index in [0.29, 0.717) is 18.1 Å². The number of hydrogen-bond donors (Lipinski definition) is 1. The van der Waals surface area contributed by atoms with Gasteiger partial charge in [0.05, 0.1) is 23.5 Å². The third kappa shape index (κ3) is 3.41. The molecule has 0 amide bonds.